The molecule has 0 unspecified atom stereocenters. The predicted molar refractivity (Wildman–Crippen MR) is 61.1 cm³/mol. The third-order valence-corrected chi connectivity index (χ3v) is 3.16. The lowest BCUT2D eigenvalue weighted by Crippen LogP contribution is -2.33. The molecule has 0 amide bonds. The lowest BCUT2D eigenvalue weighted by atomic mass is 9.77. The third kappa shape index (κ3) is 2.90. The summed E-state index contributed by atoms with van der Waals surface area (Å²) in [6, 6.07) is 0. The molecule has 0 bridgehead atoms. The van der Waals surface area contributed by atoms with Crippen LogP contribution in [0.4, 0.5) is 0 Å². The Labute approximate surface area is 87.8 Å². The van der Waals surface area contributed by atoms with Gasteiger partial charge in [-0.2, -0.15) is 0 Å². The Kier molecular flexibility index (Phi) is 3.41. The zero-order valence-corrected chi connectivity index (χ0v) is 9.73. The first-order chi connectivity index (χ1) is 6.43. The summed E-state index contributed by atoms with van der Waals surface area (Å²) in [7, 11) is 0. The fourth-order valence-electron chi connectivity index (χ4n) is 2.24. The number of rotatable bonds is 3. The van der Waals surface area contributed by atoms with E-state index in [-0.39, 0.29) is 5.60 Å². The van der Waals surface area contributed by atoms with Gasteiger partial charge in [-0.3, -0.25) is 0 Å². The van der Waals surface area contributed by atoms with Gasteiger partial charge in [-0.25, -0.2) is 0 Å². The molecule has 1 aliphatic rings. The van der Waals surface area contributed by atoms with E-state index in [9.17, 15) is 0 Å². The second-order valence-corrected chi connectivity index (χ2v) is 4.87. The minimum atomic E-state index is 0.0256. The number of hydrogen-bond donors (Lipinski definition) is 0. The van der Waals surface area contributed by atoms with E-state index in [0.717, 1.165) is 18.6 Å². The van der Waals surface area contributed by atoms with Crippen LogP contribution in [-0.2, 0) is 4.74 Å². The van der Waals surface area contributed by atoms with Crippen molar-refractivity contribution in [2.45, 2.75) is 52.1 Å². The van der Waals surface area contributed by atoms with Crippen LogP contribution in [0.3, 0.4) is 0 Å². The molecule has 0 spiro atoms. The van der Waals surface area contributed by atoms with E-state index in [0.29, 0.717) is 5.92 Å². The molecule has 0 radical (unpaired) electrons. The summed E-state index contributed by atoms with van der Waals surface area (Å²) < 4.78 is 5.78. The summed E-state index contributed by atoms with van der Waals surface area (Å²) in [4.78, 5) is 0. The van der Waals surface area contributed by atoms with Gasteiger partial charge in [-0.15, -0.1) is 0 Å². The highest BCUT2D eigenvalue weighted by atomic mass is 16.5. The molecule has 1 saturated carbocycles. The van der Waals surface area contributed by atoms with Crippen LogP contribution in [0.2, 0.25) is 0 Å². The van der Waals surface area contributed by atoms with Crippen molar-refractivity contribution < 1.29 is 4.74 Å². The van der Waals surface area contributed by atoms with E-state index >= 15 is 0 Å². The molecule has 0 aromatic carbocycles. The lowest BCUT2D eigenvalue weighted by Gasteiger charge is -2.38. The van der Waals surface area contributed by atoms with Crippen LogP contribution in [-0.4, -0.2) is 5.60 Å². The van der Waals surface area contributed by atoms with Gasteiger partial charge in [0.1, 0.15) is 5.60 Å². The first-order valence-electron chi connectivity index (χ1n) is 5.43. The molecule has 1 aliphatic carbocycles. The Morgan fingerprint density at radius 2 is 1.71 bits per heavy atom. The predicted octanol–water partition coefficient (Wildman–Crippen LogP) is 4.06. The summed E-state index contributed by atoms with van der Waals surface area (Å²) in [5.41, 5.74) is 1.35. The molecule has 1 fully saturated rings. The minimum Gasteiger partial charge on any atom is -0.493 e. The van der Waals surface area contributed by atoms with Crippen molar-refractivity contribution in [3.05, 3.63) is 24.5 Å². The van der Waals surface area contributed by atoms with Gasteiger partial charge in [-0.05, 0) is 52.4 Å². The van der Waals surface area contributed by atoms with Gasteiger partial charge in [-0.1, -0.05) is 18.7 Å². The summed E-state index contributed by atoms with van der Waals surface area (Å²) >= 11 is 0. The van der Waals surface area contributed by atoms with Crippen LogP contribution >= 0.6 is 0 Å². The maximum atomic E-state index is 5.78. The molecule has 80 valence electrons. The number of ether oxygens (including phenoxy) is 1. The van der Waals surface area contributed by atoms with E-state index in [4.69, 9.17) is 4.74 Å². The molecule has 0 aliphatic heterocycles. The standard InChI is InChI=1S/C13H22O/c1-10(2)12-6-8-13(5,9-7-12)14-11(3)4/h12H,1,3,6-9H2,2,4-5H3. The molecule has 0 heterocycles. The van der Waals surface area contributed by atoms with Crippen molar-refractivity contribution in [3.63, 3.8) is 0 Å². The molecule has 0 N–H and O–H groups in total. The summed E-state index contributed by atoms with van der Waals surface area (Å²) in [5.74, 6) is 1.54. The monoisotopic (exact) mass is 194 g/mol. The normalized spacial score (nSPS) is 32.4. The fourth-order valence-corrected chi connectivity index (χ4v) is 2.24. The Balaban J connectivity index is 2.48. The van der Waals surface area contributed by atoms with Crippen molar-refractivity contribution in [1.82, 2.24) is 0 Å². The van der Waals surface area contributed by atoms with Gasteiger partial charge in [0.05, 0.1) is 5.76 Å². The maximum Gasteiger partial charge on any atom is 0.106 e. The Bertz CT molecular complexity index is 232. The highest BCUT2D eigenvalue weighted by Crippen LogP contribution is 2.38. The fraction of sp³-hybridized carbons (Fsp3) is 0.692. The Morgan fingerprint density at radius 3 is 2.07 bits per heavy atom. The van der Waals surface area contributed by atoms with Crippen LogP contribution in [0, 0.1) is 5.92 Å². The highest BCUT2D eigenvalue weighted by molar-refractivity contribution is 5.01. The molecule has 14 heavy (non-hydrogen) atoms. The van der Waals surface area contributed by atoms with Gasteiger partial charge in [0.25, 0.3) is 0 Å². The van der Waals surface area contributed by atoms with Crippen molar-refractivity contribution in [2.24, 2.45) is 5.92 Å². The van der Waals surface area contributed by atoms with Gasteiger partial charge >= 0.3 is 0 Å². The van der Waals surface area contributed by atoms with E-state index < -0.39 is 0 Å². The van der Waals surface area contributed by atoms with Gasteiger partial charge < -0.3 is 4.74 Å². The number of hydrogen-bond acceptors (Lipinski definition) is 1. The van der Waals surface area contributed by atoms with Gasteiger partial charge in [0, 0.05) is 0 Å². The average molecular weight is 194 g/mol. The Hall–Kier alpha value is -0.720. The van der Waals surface area contributed by atoms with Gasteiger partial charge in [0.15, 0.2) is 0 Å². The van der Waals surface area contributed by atoms with Crippen molar-refractivity contribution in [1.29, 1.82) is 0 Å². The van der Waals surface area contributed by atoms with Gasteiger partial charge in [0.2, 0.25) is 0 Å². The molecular formula is C13H22O. The minimum absolute atomic E-state index is 0.0256. The second kappa shape index (κ2) is 4.20. The van der Waals surface area contributed by atoms with Crippen molar-refractivity contribution >= 4 is 0 Å². The van der Waals surface area contributed by atoms with Crippen LogP contribution in [0.15, 0.2) is 24.5 Å². The first kappa shape index (κ1) is 11.4. The van der Waals surface area contributed by atoms with Crippen LogP contribution in [0.5, 0.6) is 0 Å². The molecule has 0 saturated heterocycles. The molecule has 1 heteroatoms. The summed E-state index contributed by atoms with van der Waals surface area (Å²) in [6.07, 6.45) is 4.66. The first-order valence-corrected chi connectivity index (χ1v) is 5.43. The van der Waals surface area contributed by atoms with E-state index in [1.54, 1.807) is 0 Å². The Morgan fingerprint density at radius 1 is 1.21 bits per heavy atom. The molecule has 0 aromatic heterocycles. The third-order valence-electron chi connectivity index (χ3n) is 3.16. The number of allylic oxidation sites excluding steroid dienone is 2. The second-order valence-electron chi connectivity index (χ2n) is 4.87. The molecule has 0 aromatic rings. The van der Waals surface area contributed by atoms with E-state index in [1.165, 1.54) is 18.4 Å². The lowest BCUT2D eigenvalue weighted by molar-refractivity contribution is -0.0187. The largest absolute Gasteiger partial charge is 0.493 e. The van der Waals surface area contributed by atoms with Crippen LogP contribution < -0.4 is 0 Å². The topological polar surface area (TPSA) is 9.23 Å². The SMILES string of the molecule is C=C(C)OC1(C)CCC(C(=C)C)CC1. The molecule has 0 atom stereocenters. The average Bonchev–Trinajstić information content (AvgIpc) is 2.02. The highest BCUT2D eigenvalue weighted by Gasteiger charge is 2.32. The van der Waals surface area contributed by atoms with E-state index in [2.05, 4.69) is 27.0 Å². The van der Waals surface area contributed by atoms with Crippen molar-refractivity contribution in [2.75, 3.05) is 0 Å². The maximum absolute atomic E-state index is 5.78. The molecule has 1 rings (SSSR count). The summed E-state index contributed by atoms with van der Waals surface area (Å²) in [6.45, 7) is 14.1. The summed E-state index contributed by atoms with van der Waals surface area (Å²) in [5, 5.41) is 0. The smallest absolute Gasteiger partial charge is 0.106 e. The van der Waals surface area contributed by atoms with Crippen LogP contribution in [0.25, 0.3) is 0 Å². The quantitative estimate of drug-likeness (QED) is 0.486. The zero-order valence-electron chi connectivity index (χ0n) is 9.73. The molecule has 1 nitrogen and oxygen atoms in total. The van der Waals surface area contributed by atoms with E-state index in [1.807, 2.05) is 6.92 Å². The molecular weight excluding hydrogens is 172 g/mol. The zero-order chi connectivity index (χ0) is 10.8. The van der Waals surface area contributed by atoms with Crippen molar-refractivity contribution in [3.8, 4) is 0 Å². The van der Waals surface area contributed by atoms with Crippen LogP contribution in [0.1, 0.15) is 46.5 Å².